The first-order valence-corrected chi connectivity index (χ1v) is 7.65. The van der Waals surface area contributed by atoms with Gasteiger partial charge < -0.3 is 9.88 Å². The SMILES string of the molecule is C=C(Cl)C(=N)Nc1ccccc1P(C)(C)=O. The van der Waals surface area contributed by atoms with Crippen LogP contribution in [0.5, 0.6) is 0 Å². The summed E-state index contributed by atoms with van der Waals surface area (Å²) in [5.74, 6) is 0.0163. The van der Waals surface area contributed by atoms with Gasteiger partial charge >= 0.3 is 0 Å². The summed E-state index contributed by atoms with van der Waals surface area (Å²) >= 11 is 5.59. The molecule has 0 heterocycles. The van der Waals surface area contributed by atoms with E-state index in [2.05, 4.69) is 11.9 Å². The summed E-state index contributed by atoms with van der Waals surface area (Å²) in [5, 5.41) is 11.2. The molecule has 2 N–H and O–H groups in total. The van der Waals surface area contributed by atoms with Crippen molar-refractivity contribution in [2.75, 3.05) is 18.6 Å². The minimum Gasteiger partial charge on any atom is -0.339 e. The zero-order valence-electron chi connectivity index (χ0n) is 9.25. The van der Waals surface area contributed by atoms with E-state index in [0.29, 0.717) is 11.0 Å². The normalized spacial score (nSPS) is 10.9. The molecule has 0 saturated heterocycles. The second-order valence-corrected chi connectivity index (χ2v) is 7.41. The van der Waals surface area contributed by atoms with Gasteiger partial charge in [-0.25, -0.2) is 0 Å². The summed E-state index contributed by atoms with van der Waals surface area (Å²) < 4.78 is 12.0. The van der Waals surface area contributed by atoms with E-state index in [1.807, 2.05) is 12.1 Å². The molecule has 1 rings (SSSR count). The smallest absolute Gasteiger partial charge is 0.141 e. The predicted octanol–water partition coefficient (Wildman–Crippen LogP) is 3.08. The number of nitrogens with one attached hydrogen (secondary N) is 2. The van der Waals surface area contributed by atoms with Crippen LogP contribution in [0.3, 0.4) is 0 Å². The quantitative estimate of drug-likeness (QED) is 0.496. The van der Waals surface area contributed by atoms with Gasteiger partial charge in [-0.2, -0.15) is 0 Å². The maximum atomic E-state index is 12.0. The first-order valence-electron chi connectivity index (χ1n) is 4.67. The molecule has 16 heavy (non-hydrogen) atoms. The Morgan fingerprint density at radius 2 is 2.00 bits per heavy atom. The summed E-state index contributed by atoms with van der Waals surface area (Å²) in [5.41, 5.74) is 0.641. The highest BCUT2D eigenvalue weighted by atomic mass is 35.5. The lowest BCUT2D eigenvalue weighted by Crippen LogP contribution is -2.17. The number of rotatable bonds is 3. The third kappa shape index (κ3) is 3.22. The minimum absolute atomic E-state index is 0.0163. The molecule has 0 atom stereocenters. The van der Waals surface area contributed by atoms with Gasteiger partial charge in [0.1, 0.15) is 13.0 Å². The van der Waals surface area contributed by atoms with E-state index >= 15 is 0 Å². The summed E-state index contributed by atoms with van der Waals surface area (Å²) in [6.45, 7) is 6.83. The van der Waals surface area contributed by atoms with Gasteiger partial charge in [0.15, 0.2) is 0 Å². The minimum atomic E-state index is -2.37. The van der Waals surface area contributed by atoms with Gasteiger partial charge in [-0.3, -0.25) is 5.41 Å². The van der Waals surface area contributed by atoms with E-state index in [1.165, 1.54) is 0 Å². The van der Waals surface area contributed by atoms with Crippen LogP contribution in [-0.2, 0) is 4.57 Å². The van der Waals surface area contributed by atoms with Crippen LogP contribution in [0.1, 0.15) is 0 Å². The Kier molecular flexibility index (Phi) is 3.95. The molecule has 0 spiro atoms. The Morgan fingerprint density at radius 3 is 2.50 bits per heavy atom. The molecule has 0 radical (unpaired) electrons. The number of hydrogen-bond acceptors (Lipinski definition) is 2. The largest absolute Gasteiger partial charge is 0.339 e. The highest BCUT2D eigenvalue weighted by molar-refractivity contribution is 7.70. The fourth-order valence-electron chi connectivity index (χ4n) is 1.25. The van der Waals surface area contributed by atoms with Crippen LogP contribution in [0.25, 0.3) is 0 Å². The van der Waals surface area contributed by atoms with Gasteiger partial charge in [0.25, 0.3) is 0 Å². The van der Waals surface area contributed by atoms with Crippen molar-refractivity contribution in [3.8, 4) is 0 Å². The van der Waals surface area contributed by atoms with Crippen LogP contribution in [0, 0.1) is 5.41 Å². The van der Waals surface area contributed by atoms with Gasteiger partial charge in [0, 0.05) is 5.30 Å². The molecule has 0 amide bonds. The van der Waals surface area contributed by atoms with E-state index in [0.717, 1.165) is 0 Å². The van der Waals surface area contributed by atoms with Crippen LogP contribution in [0.15, 0.2) is 35.9 Å². The number of hydrogen-bond donors (Lipinski definition) is 2. The predicted molar refractivity (Wildman–Crippen MR) is 71.9 cm³/mol. The summed E-state index contributed by atoms with van der Waals surface area (Å²) in [6, 6.07) is 7.18. The summed E-state index contributed by atoms with van der Waals surface area (Å²) in [4.78, 5) is 0. The number of para-hydroxylation sites is 1. The van der Waals surface area contributed by atoms with E-state index < -0.39 is 7.14 Å². The van der Waals surface area contributed by atoms with Crippen molar-refractivity contribution in [2.45, 2.75) is 0 Å². The molecule has 0 saturated carbocycles. The zero-order valence-corrected chi connectivity index (χ0v) is 10.9. The van der Waals surface area contributed by atoms with Crippen LogP contribution >= 0.6 is 18.7 Å². The Morgan fingerprint density at radius 1 is 1.44 bits per heavy atom. The van der Waals surface area contributed by atoms with Gasteiger partial charge in [-0.05, 0) is 25.5 Å². The fourth-order valence-corrected chi connectivity index (χ4v) is 2.45. The standard InChI is InChI=1S/C11H14ClN2OP/c1-8(12)11(13)14-9-6-4-5-7-10(9)16(2,3)15/h4-7H,1H2,2-3H3,(H2,13,14). The lowest BCUT2D eigenvalue weighted by molar-refractivity contribution is 0.588. The molecule has 86 valence electrons. The first kappa shape index (κ1) is 13.0. The van der Waals surface area contributed by atoms with Crippen LogP contribution in [0.2, 0.25) is 0 Å². The topological polar surface area (TPSA) is 53.0 Å². The average Bonchev–Trinajstić information content (AvgIpc) is 2.16. The number of anilines is 1. The van der Waals surface area contributed by atoms with Crippen LogP contribution in [-0.4, -0.2) is 19.2 Å². The lowest BCUT2D eigenvalue weighted by Gasteiger charge is -2.14. The van der Waals surface area contributed by atoms with E-state index in [1.54, 1.807) is 25.5 Å². The molecule has 1 aromatic carbocycles. The molecular formula is C11H14ClN2OP. The molecular weight excluding hydrogens is 243 g/mol. The van der Waals surface area contributed by atoms with Crippen molar-refractivity contribution in [1.82, 2.24) is 0 Å². The lowest BCUT2D eigenvalue weighted by atomic mass is 10.3. The van der Waals surface area contributed by atoms with Crippen molar-refractivity contribution in [3.63, 3.8) is 0 Å². The Hall–Kier alpha value is -1.05. The molecule has 0 aliphatic carbocycles. The Bertz CT molecular complexity index is 479. The maximum absolute atomic E-state index is 12.0. The van der Waals surface area contributed by atoms with E-state index in [4.69, 9.17) is 17.0 Å². The van der Waals surface area contributed by atoms with Gasteiger partial charge in [0.05, 0.1) is 10.7 Å². The number of amidine groups is 1. The van der Waals surface area contributed by atoms with Crippen LogP contribution < -0.4 is 10.6 Å². The van der Waals surface area contributed by atoms with Crippen molar-refractivity contribution in [2.24, 2.45) is 0 Å². The van der Waals surface area contributed by atoms with Crippen molar-refractivity contribution in [3.05, 3.63) is 35.9 Å². The Balaban J connectivity index is 3.10. The van der Waals surface area contributed by atoms with Crippen molar-refractivity contribution in [1.29, 1.82) is 5.41 Å². The molecule has 0 fully saturated rings. The Labute approximate surface area is 100 Å². The molecule has 0 unspecified atom stereocenters. The van der Waals surface area contributed by atoms with Crippen LogP contribution in [0.4, 0.5) is 5.69 Å². The number of benzene rings is 1. The molecule has 1 aromatic rings. The zero-order chi connectivity index (χ0) is 12.3. The highest BCUT2D eigenvalue weighted by Crippen LogP contribution is 2.37. The fraction of sp³-hybridized carbons (Fsp3) is 0.182. The monoisotopic (exact) mass is 256 g/mol. The maximum Gasteiger partial charge on any atom is 0.141 e. The molecule has 0 bridgehead atoms. The molecule has 0 aliphatic heterocycles. The molecule has 0 aliphatic rings. The van der Waals surface area contributed by atoms with E-state index in [-0.39, 0.29) is 10.9 Å². The molecule has 5 heteroatoms. The molecule has 0 aromatic heterocycles. The highest BCUT2D eigenvalue weighted by Gasteiger charge is 2.16. The third-order valence-electron chi connectivity index (χ3n) is 2.02. The third-order valence-corrected chi connectivity index (χ3v) is 3.75. The van der Waals surface area contributed by atoms with Crippen molar-refractivity contribution >= 4 is 35.6 Å². The average molecular weight is 257 g/mol. The second kappa shape index (κ2) is 4.86. The van der Waals surface area contributed by atoms with Crippen molar-refractivity contribution < 1.29 is 4.57 Å². The molecule has 3 nitrogen and oxygen atoms in total. The summed E-state index contributed by atoms with van der Waals surface area (Å²) in [6.07, 6.45) is 0. The number of halogens is 1. The first-order chi connectivity index (χ1) is 7.32. The van der Waals surface area contributed by atoms with Gasteiger partial charge in [-0.1, -0.05) is 30.3 Å². The second-order valence-electron chi connectivity index (χ2n) is 3.77. The van der Waals surface area contributed by atoms with Gasteiger partial charge in [0.2, 0.25) is 0 Å². The van der Waals surface area contributed by atoms with E-state index in [9.17, 15) is 4.57 Å². The summed E-state index contributed by atoms with van der Waals surface area (Å²) in [7, 11) is -2.37. The van der Waals surface area contributed by atoms with Gasteiger partial charge in [-0.15, -0.1) is 0 Å².